The summed E-state index contributed by atoms with van der Waals surface area (Å²) in [5.74, 6) is 0. The Hall–Kier alpha value is 1.22. The van der Waals surface area contributed by atoms with Gasteiger partial charge in [-0.25, -0.2) is 0 Å². The smallest absolute Gasteiger partial charge is 0.665 e. The molecule has 0 aromatic rings. The Bertz CT molecular complexity index is 81.1. The van der Waals surface area contributed by atoms with Crippen LogP contribution >= 0.6 is 0 Å². The summed E-state index contributed by atoms with van der Waals surface area (Å²) in [6.07, 6.45) is 1.88. The maximum atomic E-state index is 8.08. The van der Waals surface area contributed by atoms with Crippen LogP contribution < -0.4 is 62.9 Å². The van der Waals surface area contributed by atoms with E-state index >= 15 is 0 Å². The fraction of sp³-hybridized carbons (Fsp3) is 0.700. The molecule has 15 heavy (non-hydrogen) atoms. The van der Waals surface area contributed by atoms with Crippen molar-refractivity contribution in [2.75, 3.05) is 20.2 Å². The Morgan fingerprint density at radius 3 is 1.73 bits per heavy atom. The van der Waals surface area contributed by atoms with Gasteiger partial charge in [0.25, 0.3) is 0 Å². The van der Waals surface area contributed by atoms with Crippen molar-refractivity contribution in [1.82, 2.24) is 0 Å². The molecule has 0 rings (SSSR count). The third-order valence-electron chi connectivity index (χ3n) is 0.779. The van der Waals surface area contributed by atoms with Crippen LogP contribution in [0.4, 0.5) is 0 Å². The van der Waals surface area contributed by atoms with E-state index in [0.717, 1.165) is 6.54 Å². The van der Waals surface area contributed by atoms with Crippen molar-refractivity contribution in [2.45, 2.75) is 26.4 Å². The molecule has 0 aromatic heterocycles. The average Bonchev–Trinajstić information content (AvgIpc) is 2.06. The van der Waals surface area contributed by atoms with E-state index in [9.17, 15) is 0 Å². The van der Waals surface area contributed by atoms with E-state index in [1.54, 1.807) is 13.1 Å². The molecule has 0 unspecified atom stereocenters. The number of rotatable bonds is 3. The Balaban J connectivity index is -0.0000000332. The molecule has 0 bridgehead atoms. The van der Waals surface area contributed by atoms with Crippen LogP contribution in [0.2, 0.25) is 0 Å². The zero-order chi connectivity index (χ0) is 11.1. The third-order valence-corrected chi connectivity index (χ3v) is 0.779. The third kappa shape index (κ3) is 97.7. The maximum Gasteiger partial charge on any atom is 1.00 e. The van der Waals surface area contributed by atoms with Gasteiger partial charge in [0.2, 0.25) is 0 Å². The van der Waals surface area contributed by atoms with E-state index < -0.39 is 0 Å². The van der Waals surface area contributed by atoms with Crippen molar-refractivity contribution >= 4 is 0 Å². The second kappa shape index (κ2) is 36.2. The summed E-state index contributed by atoms with van der Waals surface area (Å²) < 4.78 is 0. The van der Waals surface area contributed by atoms with Gasteiger partial charge in [-0.2, -0.15) is 13.6 Å². The minimum Gasteiger partial charge on any atom is -0.665 e. The summed E-state index contributed by atoms with van der Waals surface area (Å²) in [7, 11) is 1.81. The molecule has 0 atom stereocenters. The van der Waals surface area contributed by atoms with Crippen molar-refractivity contribution in [1.29, 1.82) is 0 Å². The predicted molar refractivity (Wildman–Crippen MR) is 66.0 cm³/mol. The fourth-order valence-corrected chi connectivity index (χ4v) is 0.149. The van der Waals surface area contributed by atoms with Gasteiger partial charge in [0, 0.05) is 6.61 Å². The van der Waals surface area contributed by atoms with E-state index in [2.05, 4.69) is 11.9 Å². The van der Waals surface area contributed by atoms with Crippen LogP contribution in [0, 0.1) is 7.43 Å². The number of aliphatic hydroxyl groups is 1. The summed E-state index contributed by atoms with van der Waals surface area (Å²) in [5.41, 5.74) is 10.0. The number of nitrogens with two attached hydrogens (primary N) is 2. The van der Waals surface area contributed by atoms with E-state index in [1.165, 1.54) is 0 Å². The predicted octanol–water partition coefficient (Wildman–Crippen LogP) is -1.73. The molecule has 0 aliphatic carbocycles. The molecule has 0 saturated heterocycles. The van der Waals surface area contributed by atoms with Gasteiger partial charge in [-0.15, -0.1) is 6.58 Å². The second-order valence-electron chi connectivity index (χ2n) is 2.22. The van der Waals surface area contributed by atoms with Crippen LogP contribution in [0.1, 0.15) is 20.3 Å². The minimum absolute atomic E-state index is 0. The maximum absolute atomic E-state index is 8.08. The van der Waals surface area contributed by atoms with E-state index in [4.69, 9.17) is 16.6 Å². The van der Waals surface area contributed by atoms with Crippen molar-refractivity contribution in [3.05, 3.63) is 25.4 Å². The molecular weight excluding hydrogens is 217 g/mol. The van der Waals surface area contributed by atoms with Gasteiger partial charge in [0.05, 0.1) is 6.17 Å². The first-order valence-corrected chi connectivity index (χ1v) is 4.35. The van der Waals surface area contributed by atoms with Gasteiger partial charge in [-0.3, -0.25) is 0 Å². The summed E-state index contributed by atoms with van der Waals surface area (Å²) in [5, 5.41) is 11.8. The van der Waals surface area contributed by atoms with Crippen LogP contribution in [0.15, 0.2) is 12.7 Å². The Morgan fingerprint density at radius 2 is 1.73 bits per heavy atom. The topological polar surface area (TPSA) is 86.4 Å². The Morgan fingerprint density at radius 1 is 1.47 bits per heavy atom. The molecule has 0 aliphatic rings. The van der Waals surface area contributed by atoms with Gasteiger partial charge in [-0.05, 0) is 13.3 Å². The zero-order valence-corrected chi connectivity index (χ0v) is 14.2. The van der Waals surface area contributed by atoms with Crippen LogP contribution in [-0.2, 0) is 0 Å². The minimum atomic E-state index is -0.352. The second-order valence-corrected chi connectivity index (χ2v) is 2.22. The molecule has 0 spiro atoms. The molecule has 0 heterocycles. The number of hydrogen-bond donors (Lipinski definition) is 3. The van der Waals surface area contributed by atoms with Crippen LogP contribution in [0.25, 0.3) is 5.32 Å². The molecule has 0 aromatic carbocycles. The standard InChI is InChI=1S/C3H10N2O.C3H8N.C3H6.CH3.K/c4-3(5)1-2-6;1-3-4-2;1-3-2;;/h3,6H,1-2,4-5H2;3H2,1-2H3;3H,1H2,2H3;1H3;/q;-1;;-1;+1. The summed E-state index contributed by atoms with van der Waals surface area (Å²) >= 11 is 0. The monoisotopic (exact) mass is 244 g/mol. The van der Waals surface area contributed by atoms with Crippen molar-refractivity contribution < 1.29 is 56.5 Å². The molecule has 90 valence electrons. The van der Waals surface area contributed by atoms with Crippen LogP contribution in [0.5, 0.6) is 0 Å². The van der Waals surface area contributed by atoms with Crippen molar-refractivity contribution in [3.8, 4) is 0 Å². The van der Waals surface area contributed by atoms with E-state index in [-0.39, 0.29) is 71.6 Å². The fourth-order valence-electron chi connectivity index (χ4n) is 0.149. The number of allylic oxidation sites excluding steroid dienone is 1. The average molecular weight is 244 g/mol. The quantitative estimate of drug-likeness (QED) is 0.239. The Kier molecular flexibility index (Phi) is 72.0. The first-order valence-electron chi connectivity index (χ1n) is 4.35. The summed E-state index contributed by atoms with van der Waals surface area (Å²) in [4.78, 5) is 0. The van der Waals surface area contributed by atoms with E-state index in [1.807, 2.05) is 13.8 Å². The normalized spacial score (nSPS) is 6.87. The van der Waals surface area contributed by atoms with Gasteiger partial charge < -0.3 is 29.3 Å². The molecular formula is C10H27KN3O-. The first-order chi connectivity index (χ1) is 6.10. The molecule has 0 amide bonds. The largest absolute Gasteiger partial charge is 1.00 e. The van der Waals surface area contributed by atoms with Gasteiger partial charge in [0.1, 0.15) is 0 Å². The molecule has 0 aliphatic heterocycles. The van der Waals surface area contributed by atoms with Crippen LogP contribution in [0.3, 0.4) is 0 Å². The zero-order valence-electron chi connectivity index (χ0n) is 11.0. The first kappa shape index (κ1) is 29.8. The molecule has 0 radical (unpaired) electrons. The van der Waals surface area contributed by atoms with Crippen LogP contribution in [-0.4, -0.2) is 31.5 Å². The number of nitrogens with zero attached hydrogens (tertiary/aromatic N) is 1. The van der Waals surface area contributed by atoms with E-state index in [0.29, 0.717) is 6.42 Å². The summed E-state index contributed by atoms with van der Waals surface area (Å²) in [6, 6.07) is 0. The Labute approximate surface area is 138 Å². The molecule has 4 nitrogen and oxygen atoms in total. The molecule has 5 N–H and O–H groups in total. The number of hydrogen-bond acceptors (Lipinski definition) is 3. The van der Waals surface area contributed by atoms with Crippen molar-refractivity contribution in [3.63, 3.8) is 0 Å². The molecule has 0 saturated carbocycles. The molecule has 5 heteroatoms. The summed E-state index contributed by atoms with van der Waals surface area (Å²) in [6.45, 7) is 8.29. The van der Waals surface area contributed by atoms with Gasteiger partial charge in [-0.1, -0.05) is 13.0 Å². The molecule has 0 fully saturated rings. The van der Waals surface area contributed by atoms with Gasteiger partial charge in [0.15, 0.2) is 0 Å². The van der Waals surface area contributed by atoms with Gasteiger partial charge >= 0.3 is 51.4 Å². The number of aliphatic hydroxyl groups excluding tert-OH is 1. The van der Waals surface area contributed by atoms with Crippen molar-refractivity contribution in [2.24, 2.45) is 11.5 Å². The SMILES string of the molecule is C=CC.CC[N-]C.NC(N)CCO.[CH3-].[K+].